The number of ether oxygens (including phenoxy) is 3. The molecule has 107 heavy (non-hydrogen) atoms. The van der Waals surface area contributed by atoms with E-state index < -0.39 is 91.5 Å². The average molecular weight is 1550 g/mol. The van der Waals surface area contributed by atoms with E-state index in [0.29, 0.717) is 19.3 Å². The highest BCUT2D eigenvalue weighted by molar-refractivity contribution is 7.47. The summed E-state index contributed by atoms with van der Waals surface area (Å²) in [6.07, 6.45) is 97.3. The van der Waals surface area contributed by atoms with Gasteiger partial charge in [-0.1, -0.05) is 361 Å². The Kier molecular flexibility index (Phi) is 78.8. The van der Waals surface area contributed by atoms with E-state index in [1.165, 1.54) is 180 Å². The minimum Gasteiger partial charge on any atom is -0.463 e. The Labute approximate surface area is 653 Å². The van der Waals surface area contributed by atoms with Crippen molar-refractivity contribution in [1.82, 2.24) is 0 Å². The molecule has 620 valence electrons. The molecule has 0 amide bonds. The predicted octanol–water partition coefficient (Wildman–Crippen LogP) is 25.9. The number of aliphatic hydroxyl groups excluding tert-OH is 2. The summed E-state index contributed by atoms with van der Waals surface area (Å²) in [6.45, 7) is 2.58. The van der Waals surface area contributed by atoms with Gasteiger partial charge < -0.3 is 34.2 Å². The molecule has 0 radical (unpaired) electrons. The Balaban J connectivity index is 4.37. The van der Waals surface area contributed by atoms with E-state index in [2.05, 4.69) is 130 Å². The zero-order valence-corrected chi connectivity index (χ0v) is 69.8. The number of unbranched alkanes of at least 4 members (excludes halogenated alkanes) is 41. The van der Waals surface area contributed by atoms with Crippen LogP contribution in [0.4, 0.5) is 0 Å². The summed E-state index contributed by atoms with van der Waals surface area (Å²) in [5.74, 6) is -1.57. The number of carbonyl (C=O) groups excluding carboxylic acids is 3. The molecule has 0 spiro atoms. The first-order chi connectivity index (χ1) is 52.2. The summed E-state index contributed by atoms with van der Waals surface area (Å²) in [5, 5.41) is 20.7. The van der Waals surface area contributed by atoms with Gasteiger partial charge in [0.25, 0.3) is 0 Å². The largest absolute Gasteiger partial charge is 0.472 e. The number of esters is 3. The molecule has 0 aliphatic rings. The monoisotopic (exact) mass is 1550 g/mol. The lowest BCUT2D eigenvalue weighted by atomic mass is 10.0. The molecule has 5 unspecified atom stereocenters. The normalized spacial score (nSPS) is 14.4. The zero-order valence-electron chi connectivity index (χ0n) is 68.0. The van der Waals surface area contributed by atoms with Crippen LogP contribution in [-0.2, 0) is 55.8 Å². The van der Waals surface area contributed by atoms with Crippen LogP contribution in [0.5, 0.6) is 0 Å². The number of rotatable bonds is 82. The van der Waals surface area contributed by atoms with Gasteiger partial charge in [-0.25, -0.2) is 9.13 Å². The van der Waals surface area contributed by atoms with Gasteiger partial charge in [0.1, 0.15) is 25.4 Å². The van der Waals surface area contributed by atoms with Gasteiger partial charge in [-0.2, -0.15) is 0 Å². The SMILES string of the molecule is CC/C=C\C/C=C\C/C=C\C/C=C\C/C=C\CCCCCCCCCC(=O)OCC(COP(=O)(O)OCC(O)COP(=O)(O)OCC(O)COC(=O)CCCCCCCCCCCCCCCCCCCCC/C=C\C/C=C\C/C=C\C/C=C\CCCCC)OC(=O)CCCCCCCCCCCCCCC. The lowest BCUT2D eigenvalue weighted by molar-refractivity contribution is -0.161. The Morgan fingerprint density at radius 1 is 0.271 bits per heavy atom. The highest BCUT2D eigenvalue weighted by Crippen LogP contribution is 2.45. The maximum atomic E-state index is 13.0. The van der Waals surface area contributed by atoms with Gasteiger partial charge in [0.15, 0.2) is 6.10 Å². The number of phosphoric acid groups is 2. The fraction of sp³-hybridized carbons (Fsp3) is 0.764. The second-order valence-corrected chi connectivity index (χ2v) is 31.9. The second-order valence-electron chi connectivity index (χ2n) is 29.0. The number of hydrogen-bond donors (Lipinski definition) is 4. The van der Waals surface area contributed by atoms with E-state index in [1.54, 1.807) is 0 Å². The van der Waals surface area contributed by atoms with Crippen LogP contribution in [0.2, 0.25) is 0 Å². The molecule has 0 aromatic carbocycles. The van der Waals surface area contributed by atoms with Crippen molar-refractivity contribution in [1.29, 1.82) is 0 Å². The molecule has 4 N–H and O–H groups in total. The molecular weight excluding hydrogens is 1390 g/mol. The van der Waals surface area contributed by atoms with Gasteiger partial charge in [0, 0.05) is 19.3 Å². The molecule has 0 aliphatic carbocycles. The first-order valence-corrected chi connectivity index (χ1v) is 46.2. The van der Waals surface area contributed by atoms with Crippen LogP contribution in [0.15, 0.2) is 109 Å². The maximum Gasteiger partial charge on any atom is 0.472 e. The van der Waals surface area contributed by atoms with Crippen molar-refractivity contribution in [3.8, 4) is 0 Å². The summed E-state index contributed by atoms with van der Waals surface area (Å²) in [5.41, 5.74) is 0. The Bertz CT molecular complexity index is 2380. The average Bonchev–Trinajstić information content (AvgIpc) is 0.914. The van der Waals surface area contributed by atoms with Gasteiger partial charge in [0.05, 0.1) is 26.4 Å². The van der Waals surface area contributed by atoms with Crippen molar-refractivity contribution in [3.05, 3.63) is 109 Å². The van der Waals surface area contributed by atoms with Crippen molar-refractivity contribution in [2.45, 2.75) is 399 Å². The van der Waals surface area contributed by atoms with Crippen molar-refractivity contribution in [2.24, 2.45) is 0 Å². The van der Waals surface area contributed by atoms with E-state index in [9.17, 15) is 43.5 Å². The van der Waals surface area contributed by atoms with E-state index in [0.717, 1.165) is 141 Å². The van der Waals surface area contributed by atoms with Crippen LogP contribution in [0.25, 0.3) is 0 Å². The fourth-order valence-corrected chi connectivity index (χ4v) is 13.5. The molecule has 0 saturated carbocycles. The minimum absolute atomic E-state index is 0.105. The Morgan fingerprint density at radius 2 is 0.495 bits per heavy atom. The van der Waals surface area contributed by atoms with Crippen LogP contribution in [0, 0.1) is 0 Å². The van der Waals surface area contributed by atoms with Crippen molar-refractivity contribution in [2.75, 3.05) is 39.6 Å². The lowest BCUT2D eigenvalue weighted by Gasteiger charge is -2.21. The summed E-state index contributed by atoms with van der Waals surface area (Å²) in [6, 6.07) is 0. The molecule has 0 bridgehead atoms. The van der Waals surface area contributed by atoms with E-state index in [-0.39, 0.29) is 19.3 Å². The van der Waals surface area contributed by atoms with E-state index in [4.69, 9.17) is 32.3 Å². The molecule has 5 atom stereocenters. The van der Waals surface area contributed by atoms with Crippen molar-refractivity contribution in [3.63, 3.8) is 0 Å². The molecule has 0 rings (SSSR count). The van der Waals surface area contributed by atoms with Gasteiger partial charge >= 0.3 is 33.6 Å². The zero-order chi connectivity index (χ0) is 78.0. The van der Waals surface area contributed by atoms with Gasteiger partial charge in [0.2, 0.25) is 0 Å². The van der Waals surface area contributed by atoms with Crippen molar-refractivity contribution >= 4 is 33.6 Å². The lowest BCUT2D eigenvalue weighted by Crippen LogP contribution is -2.30. The van der Waals surface area contributed by atoms with Crippen molar-refractivity contribution < 1.29 is 75.8 Å². The van der Waals surface area contributed by atoms with Gasteiger partial charge in [-0.05, 0) is 109 Å². The maximum absolute atomic E-state index is 13.0. The third-order valence-electron chi connectivity index (χ3n) is 18.5. The van der Waals surface area contributed by atoms with E-state index in [1.807, 2.05) is 0 Å². The van der Waals surface area contributed by atoms with E-state index >= 15 is 0 Å². The summed E-state index contributed by atoms with van der Waals surface area (Å²) >= 11 is 0. The van der Waals surface area contributed by atoms with Gasteiger partial charge in [-0.15, -0.1) is 0 Å². The topological polar surface area (TPSA) is 231 Å². The van der Waals surface area contributed by atoms with Crippen LogP contribution in [-0.4, -0.2) is 95.9 Å². The molecular formula is C89H158O16P2. The molecule has 0 heterocycles. The highest BCUT2D eigenvalue weighted by atomic mass is 31.2. The quantitative estimate of drug-likeness (QED) is 0.0146. The summed E-state index contributed by atoms with van der Waals surface area (Å²) in [7, 11) is -9.79. The second kappa shape index (κ2) is 81.7. The van der Waals surface area contributed by atoms with Gasteiger partial charge in [-0.3, -0.25) is 32.5 Å². The molecule has 0 saturated heterocycles. The third-order valence-corrected chi connectivity index (χ3v) is 20.4. The van der Waals surface area contributed by atoms with Crippen LogP contribution in [0.1, 0.15) is 380 Å². The molecule has 18 heteroatoms. The number of aliphatic hydroxyl groups is 2. The number of phosphoric ester groups is 2. The highest BCUT2D eigenvalue weighted by Gasteiger charge is 2.29. The molecule has 16 nitrogen and oxygen atoms in total. The first kappa shape index (κ1) is 103. The number of hydrogen-bond acceptors (Lipinski definition) is 14. The minimum atomic E-state index is -4.93. The predicted molar refractivity (Wildman–Crippen MR) is 445 cm³/mol. The van der Waals surface area contributed by atoms with Crippen LogP contribution in [0.3, 0.4) is 0 Å². The standard InChI is InChI=1S/C89H158O16P2/c1-4-7-10-13-16-19-22-25-27-29-31-33-35-36-37-38-39-40-41-42-43-44-45-46-48-50-51-53-55-58-60-63-66-69-72-75-87(92)99-78-84(90)79-101-106(95,96)102-80-85(91)81-103-107(97,98)104-83-86(105-89(94)77-74-71-68-65-62-57-24-21-18-15-12-9-6-3)82-100-88(93)76-73-70-67-64-61-59-56-54-52-49-47-34-32-30-28-26-23-20-17-14-11-8-5-2/h8,11,16-17,19-20,25-28,31-34,36-37,49,52,84-86,90-91H,4-7,9-10,12-15,18,21-24,29-30,35,38-48,50-51,53-83H2,1-3H3,(H,95,96)(H,97,98)/b11-8-,19-16-,20-17-,27-25-,28-26-,33-31-,34-32-,37-36-,52-49-. The number of carbonyl (C=O) groups is 3. The summed E-state index contributed by atoms with van der Waals surface area (Å²) < 4.78 is 61.2. The molecule has 0 aliphatic heterocycles. The molecule has 0 aromatic heterocycles. The van der Waals surface area contributed by atoms with Crippen LogP contribution < -0.4 is 0 Å². The third kappa shape index (κ3) is 83.0. The fourth-order valence-electron chi connectivity index (χ4n) is 11.9. The Morgan fingerprint density at radius 3 is 0.804 bits per heavy atom. The molecule has 0 fully saturated rings. The van der Waals surface area contributed by atoms with Crippen LogP contribution >= 0.6 is 15.6 Å². The number of allylic oxidation sites excluding steroid dienone is 18. The first-order valence-electron chi connectivity index (χ1n) is 43.2. The Hall–Kier alpha value is -3.79. The molecule has 0 aromatic rings. The smallest absolute Gasteiger partial charge is 0.463 e. The summed E-state index contributed by atoms with van der Waals surface area (Å²) in [4.78, 5) is 58.7.